The Morgan fingerprint density at radius 2 is 1.93 bits per heavy atom. The van der Waals surface area contributed by atoms with E-state index in [9.17, 15) is 24.8 Å². The summed E-state index contributed by atoms with van der Waals surface area (Å²) in [7, 11) is 0. The first-order valence-electron chi connectivity index (χ1n) is 8.24. The molecule has 1 aliphatic rings. The van der Waals surface area contributed by atoms with E-state index in [2.05, 4.69) is 22.5 Å². The van der Waals surface area contributed by atoms with Gasteiger partial charge < -0.3 is 10.0 Å². The average molecular weight is 443 g/mol. The number of benzene rings is 2. The van der Waals surface area contributed by atoms with Gasteiger partial charge >= 0.3 is 0 Å². The number of halogens is 1. The second-order valence-electron chi connectivity index (χ2n) is 6.10. The van der Waals surface area contributed by atoms with Crippen molar-refractivity contribution >= 4 is 39.1 Å². The lowest BCUT2D eigenvalue weighted by atomic mass is 9.95. The number of non-ortho nitro benzene ring substituents is 1. The summed E-state index contributed by atoms with van der Waals surface area (Å²) in [6, 6.07) is 11.3. The van der Waals surface area contributed by atoms with E-state index in [0.717, 1.165) is 4.47 Å². The van der Waals surface area contributed by atoms with E-state index >= 15 is 0 Å². The lowest BCUT2D eigenvalue weighted by Gasteiger charge is -2.23. The molecule has 0 aromatic heterocycles. The summed E-state index contributed by atoms with van der Waals surface area (Å²) < 4.78 is 0.784. The Hall–Kier alpha value is -3.26. The van der Waals surface area contributed by atoms with E-state index in [4.69, 9.17) is 0 Å². The molecule has 1 heterocycles. The van der Waals surface area contributed by atoms with E-state index in [1.807, 2.05) is 0 Å². The van der Waals surface area contributed by atoms with Gasteiger partial charge in [-0.2, -0.15) is 0 Å². The minimum Gasteiger partial charge on any atom is -0.507 e. The molecule has 1 saturated heterocycles. The molecule has 1 amide bonds. The van der Waals surface area contributed by atoms with Gasteiger partial charge in [0.2, 0.25) is 0 Å². The molecular weight excluding hydrogens is 428 g/mol. The summed E-state index contributed by atoms with van der Waals surface area (Å²) in [5, 5.41) is 21.9. The van der Waals surface area contributed by atoms with Crippen LogP contribution in [0.2, 0.25) is 0 Å². The maximum absolute atomic E-state index is 12.7. The predicted octanol–water partition coefficient (Wildman–Crippen LogP) is 3.97. The largest absolute Gasteiger partial charge is 0.507 e. The van der Waals surface area contributed by atoms with Crippen molar-refractivity contribution in [3.05, 3.63) is 92.5 Å². The Balaban J connectivity index is 2.22. The van der Waals surface area contributed by atoms with Crippen LogP contribution in [0.1, 0.15) is 17.2 Å². The predicted molar refractivity (Wildman–Crippen MR) is 106 cm³/mol. The molecule has 1 N–H and O–H groups in total. The molecule has 28 heavy (non-hydrogen) atoms. The number of likely N-dealkylation sites (tertiary alicyclic amines) is 1. The second-order valence-corrected chi connectivity index (χ2v) is 7.01. The smallest absolute Gasteiger partial charge is 0.295 e. The summed E-state index contributed by atoms with van der Waals surface area (Å²) in [6.07, 6.45) is 1.45. The standard InChI is InChI=1S/C20H15BrN2O5/c1-2-10-22-17(13-4-3-5-15(11-13)23(27)28)16(19(25)20(22)26)18(24)12-6-8-14(21)9-7-12/h2-9,11,17,24H,1,10H2/t17-/m1/s1. The van der Waals surface area contributed by atoms with Crippen LogP contribution >= 0.6 is 15.9 Å². The number of hydrogen-bond acceptors (Lipinski definition) is 5. The molecule has 0 saturated carbocycles. The number of amides is 1. The fraction of sp³-hybridized carbons (Fsp3) is 0.100. The molecule has 142 valence electrons. The summed E-state index contributed by atoms with van der Waals surface area (Å²) in [6.45, 7) is 3.65. The number of rotatable bonds is 5. The zero-order chi connectivity index (χ0) is 20.4. The first kappa shape index (κ1) is 19.5. The Morgan fingerprint density at radius 1 is 1.25 bits per heavy atom. The first-order valence-corrected chi connectivity index (χ1v) is 9.04. The maximum atomic E-state index is 12.7. The minimum absolute atomic E-state index is 0.0506. The van der Waals surface area contributed by atoms with Crippen molar-refractivity contribution < 1.29 is 19.6 Å². The number of nitrogens with zero attached hydrogens (tertiary/aromatic N) is 2. The number of aliphatic hydroxyl groups is 1. The van der Waals surface area contributed by atoms with E-state index in [0.29, 0.717) is 11.1 Å². The maximum Gasteiger partial charge on any atom is 0.295 e. The van der Waals surface area contributed by atoms with Crippen LogP contribution in [0.3, 0.4) is 0 Å². The number of nitro benzene ring substituents is 1. The quantitative estimate of drug-likeness (QED) is 0.188. The molecule has 3 rings (SSSR count). The molecule has 1 atom stereocenters. The third-order valence-corrected chi connectivity index (χ3v) is 4.91. The number of Topliss-reactive ketones (excluding diaryl/α,β-unsaturated/α-hetero) is 1. The van der Waals surface area contributed by atoms with Crippen LogP contribution < -0.4 is 0 Å². The van der Waals surface area contributed by atoms with Gasteiger partial charge in [0, 0.05) is 28.7 Å². The second kappa shape index (κ2) is 7.77. The van der Waals surface area contributed by atoms with E-state index in [1.165, 1.54) is 29.2 Å². The topological polar surface area (TPSA) is 101 Å². The van der Waals surface area contributed by atoms with Gasteiger partial charge in [0.1, 0.15) is 5.76 Å². The van der Waals surface area contributed by atoms with Crippen LogP contribution in [0.4, 0.5) is 5.69 Å². The number of aliphatic hydroxyl groups excluding tert-OH is 1. The highest BCUT2D eigenvalue weighted by Crippen LogP contribution is 2.40. The van der Waals surface area contributed by atoms with Crippen molar-refractivity contribution in [2.75, 3.05) is 6.54 Å². The first-order chi connectivity index (χ1) is 13.3. The fourth-order valence-corrected chi connectivity index (χ4v) is 3.39. The fourth-order valence-electron chi connectivity index (χ4n) is 3.13. The molecule has 0 spiro atoms. The summed E-state index contributed by atoms with van der Waals surface area (Å²) in [4.78, 5) is 37.1. The molecular formula is C20H15BrN2O5. The highest BCUT2D eigenvalue weighted by Gasteiger charge is 2.45. The Labute approximate surface area is 168 Å². The van der Waals surface area contributed by atoms with Crippen molar-refractivity contribution in [1.82, 2.24) is 4.90 Å². The average Bonchev–Trinajstić information content (AvgIpc) is 2.93. The Bertz CT molecular complexity index is 1010. The molecule has 0 unspecified atom stereocenters. The van der Waals surface area contributed by atoms with Crippen LogP contribution in [0, 0.1) is 10.1 Å². The van der Waals surface area contributed by atoms with Crippen molar-refractivity contribution in [3.8, 4) is 0 Å². The third-order valence-electron chi connectivity index (χ3n) is 4.38. The molecule has 0 bridgehead atoms. The van der Waals surface area contributed by atoms with E-state index in [1.54, 1.807) is 30.3 Å². The Morgan fingerprint density at radius 3 is 2.54 bits per heavy atom. The van der Waals surface area contributed by atoms with Gasteiger partial charge in [0.25, 0.3) is 17.4 Å². The molecule has 2 aromatic carbocycles. The lowest BCUT2D eigenvalue weighted by molar-refractivity contribution is -0.384. The van der Waals surface area contributed by atoms with Crippen LogP contribution in [0.25, 0.3) is 5.76 Å². The highest BCUT2D eigenvalue weighted by atomic mass is 79.9. The van der Waals surface area contributed by atoms with E-state index < -0.39 is 22.7 Å². The summed E-state index contributed by atoms with van der Waals surface area (Å²) in [5.74, 6) is -1.98. The minimum atomic E-state index is -0.957. The number of ketones is 1. The molecule has 8 heteroatoms. The van der Waals surface area contributed by atoms with Crippen LogP contribution in [-0.4, -0.2) is 33.2 Å². The van der Waals surface area contributed by atoms with Crippen molar-refractivity contribution in [2.24, 2.45) is 0 Å². The molecule has 1 aliphatic heterocycles. The summed E-state index contributed by atoms with van der Waals surface area (Å²) >= 11 is 3.30. The zero-order valence-corrected chi connectivity index (χ0v) is 16.1. The van der Waals surface area contributed by atoms with Gasteiger partial charge in [0.05, 0.1) is 16.5 Å². The van der Waals surface area contributed by atoms with Crippen molar-refractivity contribution in [3.63, 3.8) is 0 Å². The zero-order valence-electron chi connectivity index (χ0n) is 14.5. The number of hydrogen-bond donors (Lipinski definition) is 1. The van der Waals surface area contributed by atoms with Crippen LogP contribution in [-0.2, 0) is 9.59 Å². The third kappa shape index (κ3) is 3.46. The molecule has 0 aliphatic carbocycles. The molecule has 0 radical (unpaired) electrons. The van der Waals surface area contributed by atoms with Crippen molar-refractivity contribution in [2.45, 2.75) is 6.04 Å². The number of carbonyl (C=O) groups excluding carboxylic acids is 2. The number of nitro groups is 1. The monoisotopic (exact) mass is 442 g/mol. The van der Waals surface area contributed by atoms with Gasteiger partial charge in [-0.3, -0.25) is 19.7 Å². The molecule has 7 nitrogen and oxygen atoms in total. The highest BCUT2D eigenvalue weighted by molar-refractivity contribution is 9.10. The SMILES string of the molecule is C=CCN1C(=O)C(=O)C(=C(O)c2ccc(Br)cc2)[C@H]1c1cccc([N+](=O)[O-])c1. The van der Waals surface area contributed by atoms with Crippen LogP contribution in [0.15, 0.2) is 71.2 Å². The van der Waals surface area contributed by atoms with Crippen molar-refractivity contribution in [1.29, 1.82) is 0 Å². The summed E-state index contributed by atoms with van der Waals surface area (Å²) in [5.41, 5.74) is 0.421. The normalized spacial score (nSPS) is 18.3. The van der Waals surface area contributed by atoms with Gasteiger partial charge in [-0.15, -0.1) is 6.58 Å². The van der Waals surface area contributed by atoms with Gasteiger partial charge in [-0.05, 0) is 17.7 Å². The lowest BCUT2D eigenvalue weighted by Crippen LogP contribution is -2.29. The van der Waals surface area contributed by atoms with Crippen LogP contribution in [0.5, 0.6) is 0 Å². The van der Waals surface area contributed by atoms with Gasteiger partial charge in [-0.25, -0.2) is 0 Å². The molecule has 2 aromatic rings. The van der Waals surface area contributed by atoms with Gasteiger partial charge in [0.15, 0.2) is 0 Å². The van der Waals surface area contributed by atoms with E-state index in [-0.39, 0.29) is 23.6 Å². The number of carbonyl (C=O) groups is 2. The Kier molecular flexibility index (Phi) is 5.41. The molecule has 1 fully saturated rings. The van der Waals surface area contributed by atoms with Gasteiger partial charge in [-0.1, -0.05) is 46.3 Å².